The van der Waals surface area contributed by atoms with E-state index >= 15 is 0 Å². The number of sulfonamides is 1. The molecule has 0 bridgehead atoms. The number of anilines is 1. The molecule has 7 heteroatoms. The highest BCUT2D eigenvalue weighted by molar-refractivity contribution is 7.89. The van der Waals surface area contributed by atoms with Crippen molar-refractivity contribution in [3.8, 4) is 0 Å². The monoisotopic (exact) mass is 473 g/mol. The van der Waals surface area contributed by atoms with E-state index in [0.29, 0.717) is 31.0 Å². The Bertz CT molecular complexity index is 1310. The summed E-state index contributed by atoms with van der Waals surface area (Å²) in [6, 6.07) is 24.0. The van der Waals surface area contributed by atoms with Crippen LogP contribution < -0.4 is 4.90 Å². The number of amides is 1. The Kier molecular flexibility index (Phi) is 6.30. The molecule has 2 heterocycles. The highest BCUT2D eigenvalue weighted by Crippen LogP contribution is 2.29. The maximum absolute atomic E-state index is 13.1. The molecule has 3 aromatic rings. The van der Waals surface area contributed by atoms with Gasteiger partial charge in [0.15, 0.2) is 0 Å². The first-order valence-electron chi connectivity index (χ1n) is 11.7. The van der Waals surface area contributed by atoms with Crippen LogP contribution in [-0.2, 0) is 16.6 Å². The van der Waals surface area contributed by atoms with Crippen molar-refractivity contribution in [2.45, 2.75) is 37.1 Å². The highest BCUT2D eigenvalue weighted by atomic mass is 32.2. The molecule has 0 unspecified atom stereocenters. The van der Waals surface area contributed by atoms with Crippen LogP contribution in [0.2, 0.25) is 0 Å². The van der Waals surface area contributed by atoms with Gasteiger partial charge in [-0.3, -0.25) is 4.79 Å². The second-order valence-corrected chi connectivity index (χ2v) is 10.6. The van der Waals surface area contributed by atoms with E-state index in [1.165, 1.54) is 12.1 Å². The molecule has 2 aliphatic heterocycles. The van der Waals surface area contributed by atoms with Gasteiger partial charge in [-0.15, -0.1) is 0 Å². The summed E-state index contributed by atoms with van der Waals surface area (Å²) < 4.78 is 27.6. The summed E-state index contributed by atoms with van der Waals surface area (Å²) >= 11 is 0. The van der Waals surface area contributed by atoms with E-state index in [-0.39, 0.29) is 4.90 Å². The summed E-state index contributed by atoms with van der Waals surface area (Å²) in [5.74, 6) is 0.208. The Morgan fingerprint density at radius 3 is 2.12 bits per heavy atom. The molecule has 2 aliphatic rings. The number of rotatable bonds is 4. The Morgan fingerprint density at radius 2 is 1.41 bits per heavy atom. The average molecular weight is 474 g/mol. The van der Waals surface area contributed by atoms with E-state index < -0.39 is 15.9 Å². The van der Waals surface area contributed by atoms with Crippen molar-refractivity contribution in [2.24, 2.45) is 4.99 Å². The third-order valence-electron chi connectivity index (χ3n) is 6.42. The molecule has 0 N–H and O–H groups in total. The first-order valence-corrected chi connectivity index (χ1v) is 13.1. The highest BCUT2D eigenvalue weighted by Gasteiger charge is 2.28. The standard InChI is InChI=1S/C27H27N3O3S/c31-27(21-14-16-24(17-15-21)34(32,33)29-18-8-1-2-9-19-29)28-26-25-13-7-6-10-22(25)20-30(26)23-11-4-3-5-12-23/h3-7,10-17H,1-2,8-9,18-20H2. The molecule has 3 aromatic carbocycles. The molecule has 1 saturated heterocycles. The lowest BCUT2D eigenvalue weighted by Gasteiger charge is -2.20. The fourth-order valence-electron chi connectivity index (χ4n) is 4.57. The second-order valence-electron chi connectivity index (χ2n) is 8.66. The van der Waals surface area contributed by atoms with Gasteiger partial charge >= 0.3 is 0 Å². The first kappa shape index (κ1) is 22.5. The van der Waals surface area contributed by atoms with Gasteiger partial charge in [-0.2, -0.15) is 9.30 Å². The minimum atomic E-state index is -3.56. The molecule has 6 nitrogen and oxygen atoms in total. The molecule has 1 amide bonds. The van der Waals surface area contributed by atoms with E-state index in [9.17, 15) is 13.2 Å². The van der Waals surface area contributed by atoms with Crippen molar-refractivity contribution >= 4 is 27.5 Å². The van der Waals surface area contributed by atoms with Crippen LogP contribution in [0.15, 0.2) is 88.8 Å². The van der Waals surface area contributed by atoms with Gasteiger partial charge in [-0.25, -0.2) is 8.42 Å². The van der Waals surface area contributed by atoms with Crippen molar-refractivity contribution in [1.29, 1.82) is 0 Å². The largest absolute Gasteiger partial charge is 0.321 e. The normalized spacial score (nSPS) is 18.0. The van der Waals surface area contributed by atoms with Gasteiger partial charge in [0, 0.05) is 29.9 Å². The number of carbonyl (C=O) groups excluding carboxylic acids is 1. The summed E-state index contributed by atoms with van der Waals surface area (Å²) in [5, 5.41) is 0. The Labute approximate surface area is 200 Å². The quantitative estimate of drug-likeness (QED) is 0.543. The van der Waals surface area contributed by atoms with Crippen LogP contribution in [0, 0.1) is 0 Å². The number of aliphatic imine (C=N–C) groups is 1. The van der Waals surface area contributed by atoms with E-state index in [0.717, 1.165) is 42.5 Å². The number of benzene rings is 3. The van der Waals surface area contributed by atoms with Crippen LogP contribution in [0.5, 0.6) is 0 Å². The van der Waals surface area contributed by atoms with E-state index in [4.69, 9.17) is 0 Å². The number of carbonyl (C=O) groups is 1. The molecular formula is C27H27N3O3S. The van der Waals surface area contributed by atoms with Gasteiger partial charge in [0.25, 0.3) is 5.91 Å². The fourth-order valence-corrected chi connectivity index (χ4v) is 6.09. The van der Waals surface area contributed by atoms with Gasteiger partial charge in [0.1, 0.15) is 5.84 Å². The van der Waals surface area contributed by atoms with Gasteiger partial charge in [-0.1, -0.05) is 55.3 Å². The third kappa shape index (κ3) is 4.41. The zero-order chi connectivity index (χ0) is 23.5. The molecule has 0 spiro atoms. The zero-order valence-electron chi connectivity index (χ0n) is 18.9. The summed E-state index contributed by atoms with van der Waals surface area (Å²) in [6.07, 6.45) is 3.88. The van der Waals surface area contributed by atoms with E-state index in [1.807, 2.05) is 59.5 Å². The van der Waals surface area contributed by atoms with Crippen molar-refractivity contribution in [2.75, 3.05) is 18.0 Å². The smallest absolute Gasteiger partial charge is 0.278 e. The van der Waals surface area contributed by atoms with Gasteiger partial charge in [-0.05, 0) is 54.8 Å². The van der Waals surface area contributed by atoms with E-state index in [1.54, 1.807) is 16.4 Å². The first-order chi connectivity index (χ1) is 16.5. The Hall–Kier alpha value is -3.29. The van der Waals surface area contributed by atoms with Crippen molar-refractivity contribution < 1.29 is 13.2 Å². The molecular weight excluding hydrogens is 446 g/mol. The number of hydrogen-bond donors (Lipinski definition) is 0. The van der Waals surface area contributed by atoms with Crippen LogP contribution in [0.4, 0.5) is 5.69 Å². The minimum absolute atomic E-state index is 0.218. The molecule has 0 saturated carbocycles. The van der Waals surface area contributed by atoms with Crippen molar-refractivity contribution in [3.05, 3.63) is 95.6 Å². The lowest BCUT2D eigenvalue weighted by atomic mass is 10.1. The Balaban J connectivity index is 1.43. The third-order valence-corrected chi connectivity index (χ3v) is 8.33. The van der Waals surface area contributed by atoms with Gasteiger partial charge < -0.3 is 4.90 Å². The molecule has 0 aromatic heterocycles. The molecule has 1 fully saturated rings. The van der Waals surface area contributed by atoms with E-state index in [2.05, 4.69) is 4.99 Å². The van der Waals surface area contributed by atoms with Gasteiger partial charge in [0.2, 0.25) is 10.0 Å². The van der Waals surface area contributed by atoms with Crippen molar-refractivity contribution in [1.82, 2.24) is 4.31 Å². The number of fused-ring (bicyclic) bond motifs is 1. The SMILES string of the molecule is O=C(N=C1c2ccccc2CN1c1ccccc1)c1ccc(S(=O)(=O)N2CCCCCC2)cc1. The Morgan fingerprint density at radius 1 is 0.765 bits per heavy atom. The van der Waals surface area contributed by atoms with Gasteiger partial charge in [0.05, 0.1) is 11.4 Å². The molecule has 34 heavy (non-hydrogen) atoms. The molecule has 174 valence electrons. The lowest BCUT2D eigenvalue weighted by Crippen LogP contribution is -2.31. The number of amidine groups is 1. The number of nitrogens with zero attached hydrogens (tertiary/aromatic N) is 3. The lowest BCUT2D eigenvalue weighted by molar-refractivity contribution is 0.100. The summed E-state index contributed by atoms with van der Waals surface area (Å²) in [5.41, 5.74) is 3.36. The predicted octanol–water partition coefficient (Wildman–Crippen LogP) is 4.86. The fraction of sp³-hybridized carbons (Fsp3) is 0.259. The van der Waals surface area contributed by atoms with Crippen LogP contribution in [-0.4, -0.2) is 37.6 Å². The average Bonchev–Trinajstić information content (AvgIpc) is 3.03. The minimum Gasteiger partial charge on any atom is -0.321 e. The number of hydrogen-bond acceptors (Lipinski definition) is 3. The van der Waals surface area contributed by atoms with Crippen LogP contribution in [0.25, 0.3) is 0 Å². The zero-order valence-corrected chi connectivity index (χ0v) is 19.7. The predicted molar refractivity (Wildman–Crippen MR) is 134 cm³/mol. The van der Waals surface area contributed by atoms with Crippen LogP contribution in [0.3, 0.4) is 0 Å². The molecule has 0 aliphatic carbocycles. The molecule has 0 radical (unpaired) electrons. The maximum atomic E-state index is 13.1. The van der Waals surface area contributed by atoms with Crippen LogP contribution >= 0.6 is 0 Å². The summed E-state index contributed by atoms with van der Waals surface area (Å²) in [4.78, 5) is 19.9. The van der Waals surface area contributed by atoms with Crippen LogP contribution in [0.1, 0.15) is 47.2 Å². The molecule has 5 rings (SSSR count). The molecule has 0 atom stereocenters. The maximum Gasteiger partial charge on any atom is 0.278 e. The summed E-state index contributed by atoms with van der Waals surface area (Å²) in [6.45, 7) is 1.73. The summed E-state index contributed by atoms with van der Waals surface area (Å²) in [7, 11) is -3.56. The topological polar surface area (TPSA) is 70.0 Å². The second kappa shape index (κ2) is 9.52. The number of para-hydroxylation sites is 1. The van der Waals surface area contributed by atoms with Crippen molar-refractivity contribution in [3.63, 3.8) is 0 Å².